The molecule has 1 heterocycles. The molecule has 0 spiro atoms. The maximum atomic E-state index is 12.1. The van der Waals surface area contributed by atoms with Crippen molar-refractivity contribution in [2.45, 2.75) is 23.7 Å². The van der Waals surface area contributed by atoms with Crippen LogP contribution in [0.25, 0.3) is 0 Å². The molecule has 5 nitrogen and oxygen atoms in total. The van der Waals surface area contributed by atoms with Crippen LogP contribution in [-0.4, -0.2) is 31.4 Å². The van der Waals surface area contributed by atoms with Crippen LogP contribution >= 0.6 is 0 Å². The minimum atomic E-state index is -3.50. The summed E-state index contributed by atoms with van der Waals surface area (Å²) in [7, 11) is -3.50. The van der Waals surface area contributed by atoms with Crippen molar-refractivity contribution in [1.29, 1.82) is 0 Å². The Bertz CT molecular complexity index is 561. The van der Waals surface area contributed by atoms with Crippen LogP contribution in [0.15, 0.2) is 23.1 Å². The van der Waals surface area contributed by atoms with Crippen LogP contribution in [0.1, 0.15) is 22.8 Å². The summed E-state index contributed by atoms with van der Waals surface area (Å²) in [6, 6.07) is 4.09. The first kappa shape index (κ1) is 12.1. The lowest BCUT2D eigenvalue weighted by atomic mass is 10.1. The topological polar surface area (TPSA) is 80.7 Å². The third-order valence-electron chi connectivity index (χ3n) is 2.76. The number of fused-ring (bicyclic) bond motifs is 1. The van der Waals surface area contributed by atoms with Crippen molar-refractivity contribution in [1.82, 2.24) is 0 Å². The van der Waals surface area contributed by atoms with E-state index in [4.69, 9.17) is 9.84 Å². The highest BCUT2D eigenvalue weighted by molar-refractivity contribution is 7.92. The van der Waals surface area contributed by atoms with Gasteiger partial charge in [-0.3, -0.25) is 0 Å². The molecule has 1 N–H and O–H groups in total. The first-order valence-electron chi connectivity index (χ1n) is 5.11. The summed E-state index contributed by atoms with van der Waals surface area (Å²) in [5, 5.41) is 8.21. The highest BCUT2D eigenvalue weighted by Crippen LogP contribution is 2.26. The largest absolute Gasteiger partial charge is 0.478 e. The summed E-state index contributed by atoms with van der Waals surface area (Å²) in [5.41, 5.74) is 0.487. The number of aromatic carboxylic acids is 1. The number of hydrogen-bond donors (Lipinski definition) is 1. The van der Waals surface area contributed by atoms with E-state index in [1.807, 2.05) is 0 Å². The summed E-state index contributed by atoms with van der Waals surface area (Å²) in [6.07, 6.45) is 0. The number of ether oxygens (including phenoxy) is 1. The number of carbonyl (C=O) groups is 1. The number of carboxylic acids is 1. The molecule has 0 saturated heterocycles. The Morgan fingerprint density at radius 1 is 1.47 bits per heavy atom. The second-order valence-electron chi connectivity index (χ2n) is 4.00. The number of benzene rings is 1. The Balaban J connectivity index is 2.65. The molecular weight excluding hydrogens is 244 g/mol. The zero-order valence-electron chi connectivity index (χ0n) is 9.21. The molecule has 1 aromatic rings. The molecule has 0 unspecified atom stereocenters. The summed E-state index contributed by atoms with van der Waals surface area (Å²) in [6.45, 7) is 1.87. The van der Waals surface area contributed by atoms with Crippen LogP contribution in [-0.2, 0) is 21.2 Å². The van der Waals surface area contributed by atoms with Crippen molar-refractivity contribution in [3.05, 3.63) is 29.3 Å². The lowest BCUT2D eigenvalue weighted by Crippen LogP contribution is -2.21. The van der Waals surface area contributed by atoms with Gasteiger partial charge in [-0.15, -0.1) is 0 Å². The van der Waals surface area contributed by atoms with Crippen LogP contribution in [0.4, 0.5) is 0 Å². The van der Waals surface area contributed by atoms with Gasteiger partial charge in [0.1, 0.15) is 0 Å². The molecule has 6 heteroatoms. The van der Waals surface area contributed by atoms with Gasteiger partial charge in [0.25, 0.3) is 0 Å². The van der Waals surface area contributed by atoms with Gasteiger partial charge in [0.05, 0.1) is 28.9 Å². The Labute approximate surface area is 98.9 Å². The number of carboxylic acid groups (broad SMARTS) is 1. The fourth-order valence-electron chi connectivity index (χ4n) is 1.71. The fourth-order valence-corrected chi connectivity index (χ4v) is 3.21. The molecule has 0 amide bonds. The van der Waals surface area contributed by atoms with Gasteiger partial charge in [0.15, 0.2) is 9.84 Å². The predicted octanol–water partition coefficient (Wildman–Crippen LogP) is 1.08. The Kier molecular flexibility index (Phi) is 2.92. The van der Waals surface area contributed by atoms with Crippen molar-refractivity contribution in [3.8, 4) is 0 Å². The van der Waals surface area contributed by atoms with Crippen molar-refractivity contribution in [3.63, 3.8) is 0 Å². The van der Waals surface area contributed by atoms with E-state index < -0.39 is 21.1 Å². The maximum Gasteiger partial charge on any atom is 0.335 e. The molecular formula is C11H12O5S. The van der Waals surface area contributed by atoms with E-state index in [1.165, 1.54) is 18.2 Å². The van der Waals surface area contributed by atoms with Gasteiger partial charge in [-0.1, -0.05) is 6.07 Å². The SMILES string of the molecule is C[C@H]1COCc2ccc(C(=O)O)cc2S1(=O)=O. The van der Waals surface area contributed by atoms with E-state index in [2.05, 4.69) is 0 Å². The Hall–Kier alpha value is -1.40. The van der Waals surface area contributed by atoms with Gasteiger partial charge in [0, 0.05) is 0 Å². The number of hydrogen-bond acceptors (Lipinski definition) is 4. The van der Waals surface area contributed by atoms with Crippen molar-refractivity contribution < 1.29 is 23.1 Å². The monoisotopic (exact) mass is 256 g/mol. The second kappa shape index (κ2) is 4.12. The molecule has 17 heavy (non-hydrogen) atoms. The molecule has 0 aromatic heterocycles. The Morgan fingerprint density at radius 2 is 2.18 bits per heavy atom. The lowest BCUT2D eigenvalue weighted by molar-refractivity contribution is 0.0696. The average Bonchev–Trinajstić information content (AvgIpc) is 2.38. The van der Waals surface area contributed by atoms with Gasteiger partial charge in [-0.25, -0.2) is 13.2 Å². The first-order chi connectivity index (χ1) is 7.93. The zero-order chi connectivity index (χ0) is 12.6. The summed E-state index contributed by atoms with van der Waals surface area (Å²) in [4.78, 5) is 10.9. The molecule has 92 valence electrons. The quantitative estimate of drug-likeness (QED) is 0.813. The van der Waals surface area contributed by atoms with E-state index in [-0.39, 0.29) is 23.7 Å². The number of rotatable bonds is 1. The lowest BCUT2D eigenvalue weighted by Gasteiger charge is -2.10. The van der Waals surface area contributed by atoms with Gasteiger partial charge < -0.3 is 9.84 Å². The predicted molar refractivity (Wildman–Crippen MR) is 59.7 cm³/mol. The van der Waals surface area contributed by atoms with Gasteiger partial charge >= 0.3 is 5.97 Å². The third-order valence-corrected chi connectivity index (χ3v) is 4.95. The smallest absolute Gasteiger partial charge is 0.335 e. The van der Waals surface area contributed by atoms with E-state index >= 15 is 0 Å². The highest BCUT2D eigenvalue weighted by atomic mass is 32.2. The molecule has 0 bridgehead atoms. The van der Waals surface area contributed by atoms with Gasteiger partial charge in [-0.2, -0.15) is 0 Å². The average molecular weight is 256 g/mol. The molecule has 0 radical (unpaired) electrons. The van der Waals surface area contributed by atoms with Crippen molar-refractivity contribution >= 4 is 15.8 Å². The van der Waals surface area contributed by atoms with Crippen LogP contribution in [0, 0.1) is 0 Å². The van der Waals surface area contributed by atoms with Crippen molar-refractivity contribution in [2.75, 3.05) is 6.61 Å². The fraction of sp³-hybridized carbons (Fsp3) is 0.364. The van der Waals surface area contributed by atoms with Gasteiger partial charge in [0.2, 0.25) is 0 Å². The molecule has 0 saturated carbocycles. The van der Waals surface area contributed by atoms with Crippen LogP contribution in [0.5, 0.6) is 0 Å². The zero-order valence-corrected chi connectivity index (χ0v) is 10.0. The Morgan fingerprint density at radius 3 is 2.82 bits per heavy atom. The highest BCUT2D eigenvalue weighted by Gasteiger charge is 2.29. The molecule has 1 atom stereocenters. The molecule has 2 rings (SSSR count). The molecule has 1 aliphatic heterocycles. The maximum absolute atomic E-state index is 12.1. The van der Waals surface area contributed by atoms with Crippen molar-refractivity contribution in [2.24, 2.45) is 0 Å². The first-order valence-corrected chi connectivity index (χ1v) is 6.65. The standard InChI is InChI=1S/C11H12O5S/c1-7-5-16-6-9-3-2-8(11(12)13)4-10(9)17(7,14)15/h2-4,7H,5-6H2,1H3,(H,12,13)/t7-/m0/s1. The summed E-state index contributed by atoms with van der Waals surface area (Å²) in [5.74, 6) is -1.14. The van der Waals surface area contributed by atoms with Crippen LogP contribution in [0.2, 0.25) is 0 Å². The van der Waals surface area contributed by atoms with Crippen LogP contribution in [0.3, 0.4) is 0 Å². The third kappa shape index (κ3) is 2.05. The van der Waals surface area contributed by atoms with Crippen LogP contribution < -0.4 is 0 Å². The summed E-state index contributed by atoms with van der Waals surface area (Å²) < 4.78 is 29.5. The van der Waals surface area contributed by atoms with Gasteiger partial charge in [-0.05, 0) is 24.6 Å². The molecule has 1 aromatic carbocycles. The van der Waals surface area contributed by atoms with E-state index in [9.17, 15) is 13.2 Å². The van der Waals surface area contributed by atoms with E-state index in [0.29, 0.717) is 5.56 Å². The van der Waals surface area contributed by atoms with E-state index in [1.54, 1.807) is 6.92 Å². The second-order valence-corrected chi connectivity index (χ2v) is 6.33. The normalized spacial score (nSPS) is 22.5. The molecule has 0 aliphatic carbocycles. The molecule has 1 aliphatic rings. The summed E-state index contributed by atoms with van der Waals surface area (Å²) >= 11 is 0. The minimum Gasteiger partial charge on any atom is -0.478 e. The minimum absolute atomic E-state index is 0.0265. The number of sulfone groups is 1. The molecule has 0 fully saturated rings. The van der Waals surface area contributed by atoms with E-state index in [0.717, 1.165) is 0 Å².